The summed E-state index contributed by atoms with van der Waals surface area (Å²) in [7, 11) is 0. The number of ether oxygens (including phenoxy) is 1. The van der Waals surface area contributed by atoms with E-state index < -0.39 is 0 Å². The van der Waals surface area contributed by atoms with Crippen molar-refractivity contribution in [2.24, 2.45) is 5.18 Å². The number of benzene rings is 2. The first-order valence-corrected chi connectivity index (χ1v) is 11.5. The Labute approximate surface area is 194 Å². The molecule has 8 heteroatoms. The summed E-state index contributed by atoms with van der Waals surface area (Å²) in [6.07, 6.45) is 3.69. The first-order valence-electron chi connectivity index (χ1n) is 11.5. The Balaban J connectivity index is 1.17. The third-order valence-electron chi connectivity index (χ3n) is 6.46. The van der Waals surface area contributed by atoms with Gasteiger partial charge in [0.05, 0.1) is 11.7 Å². The van der Waals surface area contributed by atoms with Gasteiger partial charge in [0, 0.05) is 43.6 Å². The van der Waals surface area contributed by atoms with E-state index in [4.69, 9.17) is 10.00 Å². The Hall–Kier alpha value is -3.44. The van der Waals surface area contributed by atoms with Crippen molar-refractivity contribution in [1.29, 1.82) is 5.26 Å². The second-order valence-electron chi connectivity index (χ2n) is 8.57. The summed E-state index contributed by atoms with van der Waals surface area (Å²) < 4.78 is 5.95. The molecule has 1 aliphatic carbocycles. The number of amides is 1. The summed E-state index contributed by atoms with van der Waals surface area (Å²) >= 11 is 0. The van der Waals surface area contributed by atoms with Crippen LogP contribution in [0.25, 0.3) is 0 Å². The molecule has 2 aliphatic rings. The number of nitroso groups, excluding NO2 is 1. The number of nitriles is 1. The number of nitrogens with one attached hydrogen (secondary N) is 1. The zero-order valence-electron chi connectivity index (χ0n) is 18.7. The van der Waals surface area contributed by atoms with Crippen molar-refractivity contribution in [3.63, 3.8) is 0 Å². The van der Waals surface area contributed by atoms with Crippen molar-refractivity contribution in [2.75, 3.05) is 43.0 Å². The smallest absolute Gasteiger partial charge is 0.248 e. The average molecular weight is 448 g/mol. The van der Waals surface area contributed by atoms with Gasteiger partial charge in [-0.15, -0.1) is 4.91 Å². The number of nitrogens with zero attached hydrogens (tertiary/aromatic N) is 4. The third kappa shape index (κ3) is 5.88. The minimum Gasteiger partial charge on any atom is -0.382 e. The van der Waals surface area contributed by atoms with Crippen molar-refractivity contribution in [1.82, 2.24) is 4.90 Å². The van der Waals surface area contributed by atoms with Crippen LogP contribution in [-0.4, -0.2) is 55.7 Å². The lowest BCUT2D eigenvalue weighted by Crippen LogP contribution is -2.50. The molecule has 8 nitrogen and oxygen atoms in total. The van der Waals surface area contributed by atoms with Crippen molar-refractivity contribution >= 4 is 23.0 Å². The van der Waals surface area contributed by atoms with Crippen molar-refractivity contribution in [3.8, 4) is 6.07 Å². The van der Waals surface area contributed by atoms with Crippen LogP contribution in [-0.2, 0) is 9.53 Å². The minimum atomic E-state index is 0.0656. The SMILES string of the molecule is N#Cc1cc(NC2CCC(OCC(=O)N3CCN(c4ccccc4)CC3)CC2)ccc1N=O. The van der Waals surface area contributed by atoms with Gasteiger partial charge in [-0.2, -0.15) is 5.26 Å². The highest BCUT2D eigenvalue weighted by molar-refractivity contribution is 5.77. The molecule has 2 fully saturated rings. The standard InChI is InChI=1S/C25H29N5O3/c26-17-19-16-21(8-11-24(19)28-32)27-20-6-9-23(10-7-20)33-18-25(31)30-14-12-29(13-15-30)22-4-2-1-3-5-22/h1-5,8,11,16,20,23,27H,6-7,9-10,12-15,18H2. The number of anilines is 2. The molecule has 1 aliphatic heterocycles. The molecule has 1 saturated carbocycles. The molecule has 0 bridgehead atoms. The van der Waals surface area contributed by atoms with Crippen LogP contribution in [0.4, 0.5) is 17.1 Å². The van der Waals surface area contributed by atoms with Gasteiger partial charge in [0.15, 0.2) is 0 Å². The number of carbonyl (C=O) groups excluding carboxylic acids is 1. The van der Waals surface area contributed by atoms with Crippen LogP contribution >= 0.6 is 0 Å². The van der Waals surface area contributed by atoms with E-state index in [1.165, 1.54) is 5.69 Å². The van der Waals surface area contributed by atoms with Crippen molar-refractivity contribution in [2.45, 2.75) is 37.8 Å². The highest BCUT2D eigenvalue weighted by atomic mass is 16.5. The summed E-state index contributed by atoms with van der Waals surface area (Å²) in [6, 6.07) is 17.6. The van der Waals surface area contributed by atoms with Gasteiger partial charge in [0.2, 0.25) is 5.91 Å². The molecule has 1 N–H and O–H groups in total. The molecule has 1 heterocycles. The van der Waals surface area contributed by atoms with E-state index in [-0.39, 0.29) is 35.9 Å². The summed E-state index contributed by atoms with van der Waals surface area (Å²) in [6.45, 7) is 3.25. The maximum atomic E-state index is 12.6. The largest absolute Gasteiger partial charge is 0.382 e. The molecule has 0 atom stereocenters. The average Bonchev–Trinajstić information content (AvgIpc) is 2.88. The van der Waals surface area contributed by atoms with Crippen LogP contribution in [0.5, 0.6) is 0 Å². The second kappa shape index (κ2) is 10.9. The fourth-order valence-electron chi connectivity index (χ4n) is 4.54. The molecule has 0 spiro atoms. The predicted octanol–water partition coefficient (Wildman–Crippen LogP) is 4.04. The van der Waals surface area contributed by atoms with E-state index in [0.29, 0.717) is 0 Å². The lowest BCUT2D eigenvalue weighted by Gasteiger charge is -2.36. The lowest BCUT2D eigenvalue weighted by atomic mass is 9.92. The molecule has 1 saturated heterocycles. The molecular formula is C25H29N5O3. The maximum Gasteiger partial charge on any atom is 0.248 e. The number of carbonyl (C=O) groups is 1. The lowest BCUT2D eigenvalue weighted by molar-refractivity contribution is -0.139. The Morgan fingerprint density at radius 2 is 1.79 bits per heavy atom. The molecular weight excluding hydrogens is 418 g/mol. The fourth-order valence-corrected chi connectivity index (χ4v) is 4.54. The molecule has 2 aromatic rings. The van der Waals surface area contributed by atoms with E-state index in [1.807, 2.05) is 29.2 Å². The summed E-state index contributed by atoms with van der Waals surface area (Å²) in [5.74, 6) is 0.0656. The molecule has 33 heavy (non-hydrogen) atoms. The van der Waals surface area contributed by atoms with Crippen LogP contribution in [0.2, 0.25) is 0 Å². The van der Waals surface area contributed by atoms with Crippen LogP contribution in [0.3, 0.4) is 0 Å². The van der Waals surface area contributed by atoms with Gasteiger partial charge in [-0.3, -0.25) is 4.79 Å². The monoisotopic (exact) mass is 447 g/mol. The van der Waals surface area contributed by atoms with E-state index in [2.05, 4.69) is 27.5 Å². The first kappa shape index (κ1) is 22.7. The Bertz CT molecular complexity index is 991. The minimum absolute atomic E-state index is 0.0656. The van der Waals surface area contributed by atoms with Crippen molar-refractivity contribution < 1.29 is 9.53 Å². The van der Waals surface area contributed by atoms with Gasteiger partial charge in [-0.05, 0) is 61.2 Å². The Morgan fingerprint density at radius 3 is 2.45 bits per heavy atom. The predicted molar refractivity (Wildman–Crippen MR) is 127 cm³/mol. The number of piperazine rings is 1. The van der Waals surface area contributed by atoms with Crippen molar-refractivity contribution in [3.05, 3.63) is 59.0 Å². The normalized spacial score (nSPS) is 20.7. The molecule has 0 aromatic heterocycles. The third-order valence-corrected chi connectivity index (χ3v) is 6.46. The topological polar surface area (TPSA) is 98.0 Å². The van der Waals surface area contributed by atoms with Gasteiger partial charge in [0.25, 0.3) is 0 Å². The van der Waals surface area contributed by atoms with Gasteiger partial charge in [-0.1, -0.05) is 18.2 Å². The quantitative estimate of drug-likeness (QED) is 0.643. The van der Waals surface area contributed by atoms with Crippen LogP contribution in [0.1, 0.15) is 31.2 Å². The Morgan fingerprint density at radius 1 is 1.06 bits per heavy atom. The molecule has 2 aromatic carbocycles. The van der Waals surface area contributed by atoms with E-state index >= 15 is 0 Å². The van der Waals surface area contributed by atoms with Crippen LogP contribution in [0, 0.1) is 16.2 Å². The highest BCUT2D eigenvalue weighted by Crippen LogP contribution is 2.27. The van der Waals surface area contributed by atoms with Crippen LogP contribution in [0.15, 0.2) is 53.7 Å². The zero-order valence-corrected chi connectivity index (χ0v) is 18.7. The van der Waals surface area contributed by atoms with Gasteiger partial charge in [0.1, 0.15) is 18.4 Å². The Kier molecular flexibility index (Phi) is 7.53. The zero-order chi connectivity index (χ0) is 23.0. The first-order chi connectivity index (χ1) is 16.2. The second-order valence-corrected chi connectivity index (χ2v) is 8.57. The molecule has 0 radical (unpaired) electrons. The number of para-hydroxylation sites is 1. The molecule has 1 amide bonds. The summed E-state index contributed by atoms with van der Waals surface area (Å²) in [5, 5.41) is 15.5. The maximum absolute atomic E-state index is 12.6. The van der Waals surface area contributed by atoms with Gasteiger partial charge in [-0.25, -0.2) is 0 Å². The summed E-state index contributed by atoms with van der Waals surface area (Å²) in [4.78, 5) is 27.6. The molecule has 172 valence electrons. The number of rotatable bonds is 7. The number of hydrogen-bond acceptors (Lipinski definition) is 7. The van der Waals surface area contributed by atoms with Gasteiger partial charge >= 0.3 is 0 Å². The van der Waals surface area contributed by atoms with E-state index in [0.717, 1.165) is 57.5 Å². The highest BCUT2D eigenvalue weighted by Gasteiger charge is 2.25. The molecule has 4 rings (SSSR count). The fraction of sp³-hybridized carbons (Fsp3) is 0.440. The van der Waals surface area contributed by atoms with E-state index in [9.17, 15) is 9.70 Å². The van der Waals surface area contributed by atoms with E-state index in [1.54, 1.807) is 18.2 Å². The van der Waals surface area contributed by atoms with Crippen LogP contribution < -0.4 is 10.2 Å². The molecule has 0 unspecified atom stereocenters. The summed E-state index contributed by atoms with van der Waals surface area (Å²) in [5.41, 5.74) is 2.45. The van der Waals surface area contributed by atoms with Gasteiger partial charge < -0.3 is 19.9 Å². The number of hydrogen-bond donors (Lipinski definition) is 1.